The Morgan fingerprint density at radius 3 is 2.62 bits per heavy atom. The molecule has 1 aromatic rings. The summed E-state index contributed by atoms with van der Waals surface area (Å²) in [5.74, 6) is -3.80. The minimum Gasteiger partial charge on any atom is -0.480 e. The molecule has 4 nitrogen and oxygen atoms in total. The molecule has 2 rings (SSSR count). The first-order chi connectivity index (χ1) is 9.84. The molecule has 0 radical (unpaired) electrons. The summed E-state index contributed by atoms with van der Waals surface area (Å²) in [6.45, 7) is 1.93. The third-order valence-electron chi connectivity index (χ3n) is 3.94. The van der Waals surface area contributed by atoms with Crippen LogP contribution in [0.5, 0.6) is 0 Å². The van der Waals surface area contributed by atoms with Crippen molar-refractivity contribution < 1.29 is 23.5 Å². The van der Waals surface area contributed by atoms with Crippen LogP contribution < -0.4 is 5.32 Å². The van der Waals surface area contributed by atoms with Crippen LogP contribution in [0.4, 0.5) is 8.78 Å². The van der Waals surface area contributed by atoms with Crippen molar-refractivity contribution in [3.63, 3.8) is 0 Å². The lowest BCUT2D eigenvalue weighted by Gasteiger charge is -2.37. The molecule has 21 heavy (non-hydrogen) atoms. The first kappa shape index (κ1) is 15.4. The number of nitrogens with one attached hydrogen (secondary N) is 1. The van der Waals surface area contributed by atoms with Crippen molar-refractivity contribution in [3.05, 3.63) is 35.4 Å². The Hall–Kier alpha value is -1.98. The molecule has 2 unspecified atom stereocenters. The third kappa shape index (κ3) is 3.20. The Kier molecular flexibility index (Phi) is 4.25. The molecular formula is C15H17F2NO3. The summed E-state index contributed by atoms with van der Waals surface area (Å²) >= 11 is 0. The molecule has 1 aromatic carbocycles. The fourth-order valence-electron chi connectivity index (χ4n) is 2.84. The summed E-state index contributed by atoms with van der Waals surface area (Å²) < 4.78 is 26.0. The molecule has 0 aromatic heterocycles. The molecule has 0 bridgehead atoms. The molecule has 1 aliphatic carbocycles. The fraction of sp³-hybridized carbons (Fsp3) is 0.467. The summed E-state index contributed by atoms with van der Waals surface area (Å²) in [7, 11) is 0. The summed E-state index contributed by atoms with van der Waals surface area (Å²) in [6.07, 6.45) is 2.28. The van der Waals surface area contributed by atoms with Crippen LogP contribution in [0.15, 0.2) is 18.2 Å². The second-order valence-electron chi connectivity index (χ2n) is 5.67. The van der Waals surface area contributed by atoms with Gasteiger partial charge in [0.1, 0.15) is 5.54 Å². The molecule has 0 saturated heterocycles. The molecule has 114 valence electrons. The number of carboxylic acid groups (broad SMARTS) is 1. The zero-order valence-electron chi connectivity index (χ0n) is 11.7. The molecule has 1 aliphatic rings. The molecule has 1 saturated carbocycles. The number of aliphatic carboxylic acids is 1. The van der Waals surface area contributed by atoms with Crippen LogP contribution >= 0.6 is 0 Å². The molecule has 1 fully saturated rings. The van der Waals surface area contributed by atoms with Gasteiger partial charge in [-0.15, -0.1) is 0 Å². The second-order valence-corrected chi connectivity index (χ2v) is 5.67. The Morgan fingerprint density at radius 1 is 1.33 bits per heavy atom. The minimum absolute atomic E-state index is 0.0900. The zero-order chi connectivity index (χ0) is 15.6. The van der Waals surface area contributed by atoms with E-state index in [2.05, 4.69) is 5.32 Å². The van der Waals surface area contributed by atoms with Gasteiger partial charge < -0.3 is 10.4 Å². The summed E-state index contributed by atoms with van der Waals surface area (Å²) in [5, 5.41) is 11.9. The quantitative estimate of drug-likeness (QED) is 0.901. The van der Waals surface area contributed by atoms with Crippen LogP contribution in [-0.4, -0.2) is 22.5 Å². The molecule has 0 spiro atoms. The van der Waals surface area contributed by atoms with Crippen LogP contribution in [0, 0.1) is 17.6 Å². The topological polar surface area (TPSA) is 66.4 Å². The van der Waals surface area contributed by atoms with Gasteiger partial charge in [0.05, 0.1) is 0 Å². The SMILES string of the molecule is CC1CCCC(NC(=O)c2ccc(F)c(F)c2)(C(=O)O)C1. The number of carboxylic acids is 1. The molecule has 0 aliphatic heterocycles. The Labute approximate surface area is 121 Å². The van der Waals surface area contributed by atoms with E-state index in [1.54, 1.807) is 0 Å². The lowest BCUT2D eigenvalue weighted by Crippen LogP contribution is -2.56. The Balaban J connectivity index is 2.22. The lowest BCUT2D eigenvalue weighted by molar-refractivity contribution is -0.146. The van der Waals surface area contributed by atoms with E-state index in [4.69, 9.17) is 0 Å². The van der Waals surface area contributed by atoms with E-state index >= 15 is 0 Å². The van der Waals surface area contributed by atoms with E-state index in [1.165, 1.54) is 0 Å². The number of halogens is 2. The number of benzene rings is 1. The van der Waals surface area contributed by atoms with Crippen LogP contribution in [0.2, 0.25) is 0 Å². The van der Waals surface area contributed by atoms with Gasteiger partial charge in [-0.3, -0.25) is 4.79 Å². The first-order valence-corrected chi connectivity index (χ1v) is 6.85. The summed E-state index contributed by atoms with van der Waals surface area (Å²) in [5.41, 5.74) is -1.42. The van der Waals surface area contributed by atoms with Crippen molar-refractivity contribution in [1.82, 2.24) is 5.32 Å². The van der Waals surface area contributed by atoms with Crippen molar-refractivity contribution in [2.75, 3.05) is 0 Å². The van der Waals surface area contributed by atoms with Crippen LogP contribution in [0.3, 0.4) is 0 Å². The van der Waals surface area contributed by atoms with E-state index in [1.807, 2.05) is 6.92 Å². The van der Waals surface area contributed by atoms with Gasteiger partial charge in [-0.2, -0.15) is 0 Å². The van der Waals surface area contributed by atoms with Gasteiger partial charge in [0.25, 0.3) is 5.91 Å². The summed E-state index contributed by atoms with van der Waals surface area (Å²) in [6, 6.07) is 2.75. The summed E-state index contributed by atoms with van der Waals surface area (Å²) in [4.78, 5) is 23.7. The number of amides is 1. The van der Waals surface area contributed by atoms with Crippen molar-refractivity contribution in [3.8, 4) is 0 Å². The highest BCUT2D eigenvalue weighted by Gasteiger charge is 2.43. The Bertz CT molecular complexity index is 576. The molecule has 2 atom stereocenters. The largest absolute Gasteiger partial charge is 0.480 e. The smallest absolute Gasteiger partial charge is 0.329 e. The van der Waals surface area contributed by atoms with Crippen molar-refractivity contribution in [1.29, 1.82) is 0 Å². The first-order valence-electron chi connectivity index (χ1n) is 6.85. The van der Waals surface area contributed by atoms with Gasteiger partial charge in [0, 0.05) is 5.56 Å². The number of hydrogen-bond acceptors (Lipinski definition) is 2. The monoisotopic (exact) mass is 297 g/mol. The van der Waals surface area contributed by atoms with E-state index < -0.39 is 29.0 Å². The highest BCUT2D eigenvalue weighted by atomic mass is 19.2. The Morgan fingerprint density at radius 2 is 2.05 bits per heavy atom. The average molecular weight is 297 g/mol. The van der Waals surface area contributed by atoms with Crippen LogP contribution in [0.1, 0.15) is 43.0 Å². The standard InChI is InChI=1S/C15H17F2NO3/c1-9-3-2-6-15(8-9,14(20)21)18-13(19)10-4-5-11(16)12(17)7-10/h4-5,7,9H,2-3,6,8H2,1H3,(H,18,19)(H,20,21). The van der Waals surface area contributed by atoms with Gasteiger partial charge in [-0.05, 0) is 37.0 Å². The maximum atomic E-state index is 13.2. The maximum Gasteiger partial charge on any atom is 0.329 e. The number of hydrogen-bond donors (Lipinski definition) is 2. The van der Waals surface area contributed by atoms with Crippen LogP contribution in [-0.2, 0) is 4.79 Å². The predicted molar refractivity (Wildman–Crippen MR) is 71.8 cm³/mol. The number of carbonyl (C=O) groups excluding carboxylic acids is 1. The molecule has 2 N–H and O–H groups in total. The normalized spacial score (nSPS) is 25.4. The molecular weight excluding hydrogens is 280 g/mol. The van der Waals surface area contributed by atoms with Gasteiger partial charge in [0.2, 0.25) is 0 Å². The van der Waals surface area contributed by atoms with E-state index in [9.17, 15) is 23.5 Å². The molecule has 0 heterocycles. The minimum atomic E-state index is -1.33. The average Bonchev–Trinajstić information content (AvgIpc) is 2.41. The maximum absolute atomic E-state index is 13.2. The van der Waals surface area contributed by atoms with Crippen molar-refractivity contribution in [2.45, 2.75) is 38.1 Å². The van der Waals surface area contributed by atoms with Crippen LogP contribution in [0.25, 0.3) is 0 Å². The highest BCUT2D eigenvalue weighted by Crippen LogP contribution is 2.32. The highest BCUT2D eigenvalue weighted by molar-refractivity contribution is 5.97. The van der Waals surface area contributed by atoms with Gasteiger partial charge in [0.15, 0.2) is 11.6 Å². The van der Waals surface area contributed by atoms with Gasteiger partial charge in [-0.25, -0.2) is 13.6 Å². The van der Waals surface area contributed by atoms with E-state index in [0.29, 0.717) is 19.3 Å². The van der Waals surface area contributed by atoms with Crippen molar-refractivity contribution in [2.24, 2.45) is 5.92 Å². The van der Waals surface area contributed by atoms with Gasteiger partial charge >= 0.3 is 5.97 Å². The number of carbonyl (C=O) groups is 2. The van der Waals surface area contributed by atoms with Gasteiger partial charge in [-0.1, -0.05) is 19.8 Å². The lowest BCUT2D eigenvalue weighted by atomic mass is 9.76. The number of rotatable bonds is 3. The predicted octanol–water partition coefficient (Wildman–Crippen LogP) is 2.73. The van der Waals surface area contributed by atoms with Crippen molar-refractivity contribution >= 4 is 11.9 Å². The van der Waals surface area contributed by atoms with E-state index in [-0.39, 0.29) is 11.5 Å². The third-order valence-corrected chi connectivity index (χ3v) is 3.94. The fourth-order valence-corrected chi connectivity index (χ4v) is 2.84. The van der Waals surface area contributed by atoms with E-state index in [0.717, 1.165) is 24.6 Å². The molecule has 1 amide bonds. The zero-order valence-corrected chi connectivity index (χ0v) is 11.7. The molecule has 6 heteroatoms. The second kappa shape index (κ2) is 5.79.